The largest absolute Gasteiger partial charge is 0.489 e. The first-order chi connectivity index (χ1) is 9.19. The van der Waals surface area contributed by atoms with Gasteiger partial charge in [0.15, 0.2) is 0 Å². The molecule has 1 unspecified atom stereocenters. The summed E-state index contributed by atoms with van der Waals surface area (Å²) in [6.45, 7) is 2.72. The highest BCUT2D eigenvalue weighted by molar-refractivity contribution is 9.10. The molecule has 3 heteroatoms. The van der Waals surface area contributed by atoms with Gasteiger partial charge in [-0.3, -0.25) is 0 Å². The van der Waals surface area contributed by atoms with Gasteiger partial charge in [-0.25, -0.2) is 0 Å². The van der Waals surface area contributed by atoms with Crippen LogP contribution in [0.3, 0.4) is 0 Å². The van der Waals surface area contributed by atoms with Crippen molar-refractivity contribution in [2.24, 2.45) is 0 Å². The lowest BCUT2D eigenvalue weighted by Gasteiger charge is -2.12. The maximum absolute atomic E-state index is 5.82. The van der Waals surface area contributed by atoms with E-state index in [0.29, 0.717) is 12.6 Å². The first kappa shape index (κ1) is 14.1. The van der Waals surface area contributed by atoms with Gasteiger partial charge in [0.05, 0.1) is 0 Å². The molecule has 1 atom stereocenters. The Hall–Kier alpha value is -1.32. The number of nitrogens with one attached hydrogen (secondary N) is 1. The minimum absolute atomic E-state index is 0.330. The molecule has 2 nitrogen and oxygen atoms in total. The van der Waals surface area contributed by atoms with E-state index >= 15 is 0 Å². The highest BCUT2D eigenvalue weighted by Crippen LogP contribution is 2.20. The van der Waals surface area contributed by atoms with Crippen LogP contribution in [0.25, 0.3) is 0 Å². The Kier molecular flexibility index (Phi) is 5.00. The van der Waals surface area contributed by atoms with Crippen molar-refractivity contribution in [3.8, 4) is 5.75 Å². The lowest BCUT2D eigenvalue weighted by molar-refractivity contribution is 0.305. The van der Waals surface area contributed by atoms with Crippen LogP contribution in [0, 0.1) is 0 Å². The summed E-state index contributed by atoms with van der Waals surface area (Å²) >= 11 is 3.43. The maximum Gasteiger partial charge on any atom is 0.120 e. The average molecular weight is 320 g/mol. The van der Waals surface area contributed by atoms with Crippen molar-refractivity contribution in [2.75, 3.05) is 7.05 Å². The van der Waals surface area contributed by atoms with Crippen LogP contribution in [0.2, 0.25) is 0 Å². The van der Waals surface area contributed by atoms with Crippen LogP contribution in [0.1, 0.15) is 24.1 Å². The van der Waals surface area contributed by atoms with Gasteiger partial charge in [0.1, 0.15) is 12.4 Å². The van der Waals surface area contributed by atoms with Crippen molar-refractivity contribution in [1.82, 2.24) is 5.32 Å². The zero-order valence-corrected chi connectivity index (χ0v) is 12.8. The van der Waals surface area contributed by atoms with E-state index in [0.717, 1.165) is 15.8 Å². The third kappa shape index (κ3) is 4.08. The van der Waals surface area contributed by atoms with Crippen LogP contribution in [0.15, 0.2) is 53.0 Å². The number of halogens is 1. The topological polar surface area (TPSA) is 21.3 Å². The monoisotopic (exact) mass is 319 g/mol. The molecule has 0 saturated heterocycles. The zero-order chi connectivity index (χ0) is 13.7. The first-order valence-electron chi connectivity index (χ1n) is 6.33. The Morgan fingerprint density at radius 3 is 2.58 bits per heavy atom. The quantitative estimate of drug-likeness (QED) is 0.886. The van der Waals surface area contributed by atoms with Gasteiger partial charge < -0.3 is 10.1 Å². The van der Waals surface area contributed by atoms with Gasteiger partial charge in [-0.15, -0.1) is 0 Å². The van der Waals surface area contributed by atoms with Crippen molar-refractivity contribution in [3.63, 3.8) is 0 Å². The van der Waals surface area contributed by atoms with Gasteiger partial charge in [0, 0.05) is 10.5 Å². The molecule has 0 bridgehead atoms. The molecule has 100 valence electrons. The normalized spacial score (nSPS) is 12.2. The molecule has 0 fully saturated rings. The maximum atomic E-state index is 5.82. The van der Waals surface area contributed by atoms with Gasteiger partial charge in [-0.2, -0.15) is 0 Å². The molecule has 19 heavy (non-hydrogen) atoms. The van der Waals surface area contributed by atoms with Crippen LogP contribution in [0.5, 0.6) is 5.75 Å². The third-order valence-electron chi connectivity index (χ3n) is 3.11. The number of hydrogen-bond donors (Lipinski definition) is 1. The van der Waals surface area contributed by atoms with Crippen molar-refractivity contribution in [1.29, 1.82) is 0 Å². The molecular formula is C16H18BrNO. The van der Waals surface area contributed by atoms with E-state index in [2.05, 4.69) is 52.4 Å². The lowest BCUT2D eigenvalue weighted by Crippen LogP contribution is -2.12. The van der Waals surface area contributed by atoms with E-state index < -0.39 is 0 Å². The van der Waals surface area contributed by atoms with Crippen molar-refractivity contribution >= 4 is 15.9 Å². The Labute approximate surface area is 122 Å². The predicted octanol–water partition coefficient (Wildman–Crippen LogP) is 4.31. The van der Waals surface area contributed by atoms with E-state index in [-0.39, 0.29) is 0 Å². The van der Waals surface area contributed by atoms with Gasteiger partial charge >= 0.3 is 0 Å². The molecule has 2 aromatic carbocycles. The second kappa shape index (κ2) is 6.73. The SMILES string of the molecule is CNC(C)c1cccc(OCc2ccc(Br)cc2)c1. The van der Waals surface area contributed by atoms with E-state index in [1.807, 2.05) is 31.3 Å². The average Bonchev–Trinajstić information content (AvgIpc) is 2.46. The first-order valence-corrected chi connectivity index (χ1v) is 7.13. The molecule has 1 N–H and O–H groups in total. The minimum atomic E-state index is 0.330. The summed E-state index contributed by atoms with van der Waals surface area (Å²) < 4.78 is 6.91. The van der Waals surface area contributed by atoms with Crippen molar-refractivity contribution < 1.29 is 4.74 Å². The molecule has 0 radical (unpaired) electrons. The van der Waals surface area contributed by atoms with E-state index in [1.165, 1.54) is 5.56 Å². The predicted molar refractivity (Wildman–Crippen MR) is 82.4 cm³/mol. The summed E-state index contributed by atoms with van der Waals surface area (Å²) in [6.07, 6.45) is 0. The molecule has 0 spiro atoms. The zero-order valence-electron chi connectivity index (χ0n) is 11.2. The summed E-state index contributed by atoms with van der Waals surface area (Å²) in [7, 11) is 1.96. The minimum Gasteiger partial charge on any atom is -0.489 e. The number of rotatable bonds is 5. The van der Waals surface area contributed by atoms with Gasteiger partial charge in [-0.1, -0.05) is 40.2 Å². The smallest absolute Gasteiger partial charge is 0.120 e. The molecular weight excluding hydrogens is 302 g/mol. The highest BCUT2D eigenvalue weighted by Gasteiger charge is 2.03. The highest BCUT2D eigenvalue weighted by atomic mass is 79.9. The molecule has 0 aliphatic rings. The molecule has 0 aliphatic carbocycles. The van der Waals surface area contributed by atoms with Crippen LogP contribution >= 0.6 is 15.9 Å². The Morgan fingerprint density at radius 1 is 1.16 bits per heavy atom. The molecule has 0 heterocycles. The second-order valence-corrected chi connectivity index (χ2v) is 5.41. The Balaban J connectivity index is 2.01. The lowest BCUT2D eigenvalue weighted by atomic mass is 10.1. The fraction of sp³-hybridized carbons (Fsp3) is 0.250. The number of ether oxygens (including phenoxy) is 1. The Morgan fingerprint density at radius 2 is 1.89 bits per heavy atom. The molecule has 0 aromatic heterocycles. The Bertz CT molecular complexity index is 525. The number of benzene rings is 2. The van der Waals surface area contributed by atoms with E-state index in [4.69, 9.17) is 4.74 Å². The van der Waals surface area contributed by atoms with Gasteiger partial charge in [0.25, 0.3) is 0 Å². The molecule has 2 rings (SSSR count). The summed E-state index contributed by atoms with van der Waals surface area (Å²) in [5.41, 5.74) is 2.39. The fourth-order valence-corrected chi connectivity index (χ4v) is 2.05. The summed E-state index contributed by atoms with van der Waals surface area (Å²) in [4.78, 5) is 0. The van der Waals surface area contributed by atoms with Crippen LogP contribution in [-0.4, -0.2) is 7.05 Å². The van der Waals surface area contributed by atoms with E-state index in [1.54, 1.807) is 0 Å². The van der Waals surface area contributed by atoms with Crippen molar-refractivity contribution in [2.45, 2.75) is 19.6 Å². The molecule has 0 aliphatic heterocycles. The summed E-state index contributed by atoms with van der Waals surface area (Å²) in [5.74, 6) is 0.905. The summed E-state index contributed by atoms with van der Waals surface area (Å²) in [5, 5.41) is 3.23. The standard InChI is InChI=1S/C16H18BrNO/c1-12(18-2)14-4-3-5-16(10-14)19-11-13-6-8-15(17)9-7-13/h3-10,12,18H,11H2,1-2H3. The second-order valence-electron chi connectivity index (χ2n) is 4.50. The van der Waals surface area contributed by atoms with Crippen LogP contribution in [-0.2, 0) is 6.61 Å². The summed E-state index contributed by atoms with van der Waals surface area (Å²) in [6, 6.07) is 16.7. The van der Waals surface area contributed by atoms with Gasteiger partial charge in [0.2, 0.25) is 0 Å². The molecule has 2 aromatic rings. The van der Waals surface area contributed by atoms with Gasteiger partial charge in [-0.05, 0) is 49.4 Å². The number of hydrogen-bond acceptors (Lipinski definition) is 2. The molecule has 0 amide bonds. The van der Waals surface area contributed by atoms with Crippen molar-refractivity contribution in [3.05, 3.63) is 64.1 Å². The fourth-order valence-electron chi connectivity index (χ4n) is 1.79. The van der Waals surface area contributed by atoms with Crippen LogP contribution in [0.4, 0.5) is 0 Å². The van der Waals surface area contributed by atoms with Crippen LogP contribution < -0.4 is 10.1 Å². The third-order valence-corrected chi connectivity index (χ3v) is 3.64. The molecule has 0 saturated carbocycles. The van der Waals surface area contributed by atoms with E-state index in [9.17, 15) is 0 Å².